The van der Waals surface area contributed by atoms with Crippen LogP contribution in [0.25, 0.3) is 0 Å². The summed E-state index contributed by atoms with van der Waals surface area (Å²) >= 11 is 0. The van der Waals surface area contributed by atoms with Crippen LogP contribution in [0.2, 0.25) is 0 Å². The van der Waals surface area contributed by atoms with Crippen LogP contribution < -0.4 is 0 Å². The topological polar surface area (TPSA) is 64.1 Å². The van der Waals surface area contributed by atoms with Gasteiger partial charge in [0.15, 0.2) is 0 Å². The van der Waals surface area contributed by atoms with Crippen LogP contribution in [0.1, 0.15) is 32.1 Å². The molecule has 6 heteroatoms. The third-order valence-corrected chi connectivity index (χ3v) is 5.62. The van der Waals surface area contributed by atoms with Gasteiger partial charge in [-0.05, 0) is 38.6 Å². The summed E-state index contributed by atoms with van der Waals surface area (Å²) in [7, 11) is 2.12. The van der Waals surface area contributed by atoms with Crippen molar-refractivity contribution in [2.75, 3.05) is 46.3 Å². The Bertz CT molecular complexity index is 452. The van der Waals surface area contributed by atoms with Crippen LogP contribution >= 0.6 is 0 Å². The normalized spacial score (nSPS) is 31.5. The van der Waals surface area contributed by atoms with Crippen LogP contribution in [0, 0.1) is 5.92 Å². The standard InChI is InChI=1S/C16H27N3O3/c1-17-8-9-18(11-15(21)22)12-16(17)5-4-14(20)19(7-6-16)10-13-2-3-13/h13H,2-12H2,1H3,(H,21,22)/t16-/m0/s1. The molecule has 1 aliphatic carbocycles. The summed E-state index contributed by atoms with van der Waals surface area (Å²) in [6, 6.07) is 0. The molecular weight excluding hydrogens is 282 g/mol. The highest BCUT2D eigenvalue weighted by Crippen LogP contribution is 2.34. The molecular formula is C16H27N3O3. The molecule has 0 radical (unpaired) electrons. The molecule has 3 rings (SSSR count). The van der Waals surface area contributed by atoms with Crippen molar-refractivity contribution >= 4 is 11.9 Å². The maximum Gasteiger partial charge on any atom is 0.317 e. The van der Waals surface area contributed by atoms with E-state index in [9.17, 15) is 9.59 Å². The number of piperazine rings is 1. The maximum absolute atomic E-state index is 12.4. The third-order valence-electron chi connectivity index (χ3n) is 5.62. The van der Waals surface area contributed by atoms with Crippen LogP contribution in [-0.4, -0.2) is 83.5 Å². The van der Waals surface area contributed by atoms with Crippen LogP contribution in [-0.2, 0) is 9.59 Å². The number of hydrogen-bond donors (Lipinski definition) is 1. The predicted octanol–water partition coefficient (Wildman–Crippen LogP) is 0.480. The largest absolute Gasteiger partial charge is 0.480 e. The van der Waals surface area contributed by atoms with E-state index in [2.05, 4.69) is 16.8 Å². The molecule has 1 atom stereocenters. The Balaban J connectivity index is 1.67. The van der Waals surface area contributed by atoms with E-state index in [-0.39, 0.29) is 18.0 Å². The lowest BCUT2D eigenvalue weighted by atomic mass is 9.86. The van der Waals surface area contributed by atoms with Gasteiger partial charge in [0, 0.05) is 44.7 Å². The van der Waals surface area contributed by atoms with Crippen molar-refractivity contribution in [3.05, 3.63) is 0 Å². The molecule has 124 valence electrons. The Morgan fingerprint density at radius 2 is 2.05 bits per heavy atom. The van der Waals surface area contributed by atoms with Crippen molar-refractivity contribution in [1.82, 2.24) is 14.7 Å². The van der Waals surface area contributed by atoms with Gasteiger partial charge in [-0.3, -0.25) is 19.4 Å². The van der Waals surface area contributed by atoms with Gasteiger partial charge in [-0.15, -0.1) is 0 Å². The van der Waals surface area contributed by atoms with Crippen molar-refractivity contribution in [1.29, 1.82) is 0 Å². The monoisotopic (exact) mass is 309 g/mol. The number of amides is 1. The highest BCUT2D eigenvalue weighted by molar-refractivity contribution is 5.76. The molecule has 6 nitrogen and oxygen atoms in total. The van der Waals surface area contributed by atoms with Crippen LogP contribution in [0.4, 0.5) is 0 Å². The zero-order valence-electron chi connectivity index (χ0n) is 13.5. The number of carbonyl (C=O) groups excluding carboxylic acids is 1. The van der Waals surface area contributed by atoms with Gasteiger partial charge in [-0.25, -0.2) is 0 Å². The number of hydrogen-bond acceptors (Lipinski definition) is 4. The van der Waals surface area contributed by atoms with Gasteiger partial charge in [-0.1, -0.05) is 0 Å². The summed E-state index contributed by atoms with van der Waals surface area (Å²) in [6.45, 7) is 4.29. The first kappa shape index (κ1) is 15.7. The lowest BCUT2D eigenvalue weighted by Gasteiger charge is -2.49. The summed E-state index contributed by atoms with van der Waals surface area (Å²) < 4.78 is 0. The molecule has 2 aliphatic heterocycles. The Morgan fingerprint density at radius 3 is 2.73 bits per heavy atom. The number of carboxylic acid groups (broad SMARTS) is 1. The minimum Gasteiger partial charge on any atom is -0.480 e. The van der Waals surface area contributed by atoms with E-state index in [4.69, 9.17) is 5.11 Å². The molecule has 2 heterocycles. The second kappa shape index (κ2) is 6.16. The van der Waals surface area contributed by atoms with Crippen molar-refractivity contribution < 1.29 is 14.7 Å². The fourth-order valence-electron chi connectivity index (χ4n) is 3.91. The lowest BCUT2D eigenvalue weighted by Crippen LogP contribution is -2.61. The van der Waals surface area contributed by atoms with Crippen LogP contribution in [0.5, 0.6) is 0 Å². The number of likely N-dealkylation sites (tertiary alicyclic amines) is 1. The van der Waals surface area contributed by atoms with E-state index in [1.54, 1.807) is 0 Å². The lowest BCUT2D eigenvalue weighted by molar-refractivity contribution is -0.140. The zero-order valence-corrected chi connectivity index (χ0v) is 13.5. The van der Waals surface area contributed by atoms with E-state index in [0.717, 1.165) is 51.5 Å². The summed E-state index contributed by atoms with van der Waals surface area (Å²) in [6.07, 6.45) is 4.93. The molecule has 2 saturated heterocycles. The first-order valence-electron chi connectivity index (χ1n) is 8.42. The molecule has 0 aromatic carbocycles. The van der Waals surface area contributed by atoms with E-state index in [0.29, 0.717) is 6.42 Å². The molecule has 1 amide bonds. The number of aliphatic carboxylic acids is 1. The van der Waals surface area contributed by atoms with Crippen molar-refractivity contribution in [2.45, 2.75) is 37.6 Å². The Kier molecular flexibility index (Phi) is 4.41. The van der Waals surface area contributed by atoms with E-state index in [1.807, 2.05) is 4.90 Å². The number of nitrogens with zero attached hydrogens (tertiary/aromatic N) is 3. The third kappa shape index (κ3) is 3.43. The summed E-state index contributed by atoms with van der Waals surface area (Å²) in [4.78, 5) is 29.8. The molecule has 1 saturated carbocycles. The Hall–Kier alpha value is -1.14. The minimum atomic E-state index is -0.764. The fourth-order valence-corrected chi connectivity index (χ4v) is 3.91. The average molecular weight is 309 g/mol. The van der Waals surface area contributed by atoms with Crippen LogP contribution in [0.3, 0.4) is 0 Å². The average Bonchev–Trinajstić information content (AvgIpc) is 3.28. The van der Waals surface area contributed by atoms with Gasteiger partial charge in [0.2, 0.25) is 5.91 Å². The number of carbonyl (C=O) groups is 2. The molecule has 22 heavy (non-hydrogen) atoms. The molecule has 0 aromatic heterocycles. The Labute approximate surface area is 132 Å². The second-order valence-electron chi connectivity index (χ2n) is 7.28. The van der Waals surface area contributed by atoms with Gasteiger partial charge in [-0.2, -0.15) is 0 Å². The molecule has 0 unspecified atom stereocenters. The van der Waals surface area contributed by atoms with Crippen molar-refractivity contribution in [3.63, 3.8) is 0 Å². The summed E-state index contributed by atoms with van der Waals surface area (Å²) in [5.41, 5.74) is -0.0400. The van der Waals surface area contributed by atoms with Gasteiger partial charge in [0.25, 0.3) is 0 Å². The fraction of sp³-hybridized carbons (Fsp3) is 0.875. The predicted molar refractivity (Wildman–Crippen MR) is 82.6 cm³/mol. The molecule has 1 spiro atoms. The number of rotatable bonds is 4. The summed E-state index contributed by atoms with van der Waals surface area (Å²) in [5, 5.41) is 9.05. The van der Waals surface area contributed by atoms with E-state index < -0.39 is 5.97 Å². The molecule has 3 fully saturated rings. The minimum absolute atomic E-state index is 0.0400. The Morgan fingerprint density at radius 1 is 1.27 bits per heavy atom. The van der Waals surface area contributed by atoms with Crippen LogP contribution in [0.15, 0.2) is 0 Å². The molecule has 0 bridgehead atoms. The first-order chi connectivity index (χ1) is 10.5. The van der Waals surface area contributed by atoms with Gasteiger partial charge >= 0.3 is 5.97 Å². The van der Waals surface area contributed by atoms with Gasteiger partial charge in [0.1, 0.15) is 0 Å². The molecule has 1 N–H and O–H groups in total. The summed E-state index contributed by atoms with van der Waals surface area (Å²) in [5.74, 6) is 0.248. The van der Waals surface area contributed by atoms with Crippen molar-refractivity contribution in [3.8, 4) is 0 Å². The SMILES string of the molecule is CN1CCN(CC(=O)O)C[C@@]12CCC(=O)N(CC1CC1)CC2. The zero-order chi connectivity index (χ0) is 15.7. The maximum atomic E-state index is 12.4. The van der Waals surface area contributed by atoms with Crippen molar-refractivity contribution in [2.24, 2.45) is 5.92 Å². The highest BCUT2D eigenvalue weighted by Gasteiger charge is 2.43. The molecule has 3 aliphatic rings. The smallest absolute Gasteiger partial charge is 0.317 e. The van der Waals surface area contributed by atoms with E-state index >= 15 is 0 Å². The quantitative estimate of drug-likeness (QED) is 0.818. The van der Waals surface area contributed by atoms with E-state index in [1.165, 1.54) is 12.8 Å². The van der Waals surface area contributed by atoms with Gasteiger partial charge < -0.3 is 10.0 Å². The number of likely N-dealkylation sites (N-methyl/N-ethyl adjacent to an activating group) is 1. The highest BCUT2D eigenvalue weighted by atomic mass is 16.4. The second-order valence-corrected chi connectivity index (χ2v) is 7.28. The first-order valence-corrected chi connectivity index (χ1v) is 8.42. The molecule has 0 aromatic rings. The van der Waals surface area contributed by atoms with Gasteiger partial charge in [0.05, 0.1) is 6.54 Å². The number of carboxylic acids is 1.